The SMILES string of the molecule is CO/N=C(\C(=O)CBr)C(=O)Sc1nnc(-c2ccccc2)o1. The fourth-order valence-electron chi connectivity index (χ4n) is 1.43. The molecule has 0 fully saturated rings. The summed E-state index contributed by atoms with van der Waals surface area (Å²) in [5, 5.41) is 10.4. The van der Waals surface area contributed by atoms with Crippen LogP contribution in [-0.2, 0) is 14.4 Å². The van der Waals surface area contributed by atoms with Gasteiger partial charge in [-0.2, -0.15) is 0 Å². The second-order valence-corrected chi connectivity index (χ2v) is 5.29. The molecule has 114 valence electrons. The summed E-state index contributed by atoms with van der Waals surface area (Å²) >= 11 is 3.59. The highest BCUT2D eigenvalue weighted by Gasteiger charge is 2.24. The molecule has 9 heteroatoms. The van der Waals surface area contributed by atoms with E-state index in [4.69, 9.17) is 4.42 Å². The zero-order valence-electron chi connectivity index (χ0n) is 11.4. The lowest BCUT2D eigenvalue weighted by atomic mass is 10.2. The van der Waals surface area contributed by atoms with Gasteiger partial charge in [-0.3, -0.25) is 9.59 Å². The van der Waals surface area contributed by atoms with Crippen molar-refractivity contribution in [2.75, 3.05) is 12.4 Å². The highest BCUT2D eigenvalue weighted by molar-refractivity contribution is 9.09. The quantitative estimate of drug-likeness (QED) is 0.248. The minimum absolute atomic E-state index is 0.0232. The summed E-state index contributed by atoms with van der Waals surface area (Å²) in [6, 6.07) is 9.12. The molecule has 0 unspecified atom stereocenters. The van der Waals surface area contributed by atoms with E-state index in [1.54, 1.807) is 12.1 Å². The summed E-state index contributed by atoms with van der Waals surface area (Å²) in [5.74, 6) is -0.213. The minimum Gasteiger partial charge on any atom is -0.411 e. The number of ketones is 1. The summed E-state index contributed by atoms with van der Waals surface area (Å²) in [6.45, 7) is 0. The number of hydrogen-bond acceptors (Lipinski definition) is 8. The number of carbonyl (C=O) groups excluding carboxylic acids is 2. The van der Waals surface area contributed by atoms with Gasteiger partial charge in [0, 0.05) is 17.3 Å². The maximum atomic E-state index is 12.0. The van der Waals surface area contributed by atoms with Gasteiger partial charge in [0.15, 0.2) is 5.78 Å². The van der Waals surface area contributed by atoms with Gasteiger partial charge in [0.05, 0.1) is 5.33 Å². The van der Waals surface area contributed by atoms with Gasteiger partial charge in [0.25, 0.3) is 10.3 Å². The third-order valence-electron chi connectivity index (χ3n) is 2.37. The Kier molecular flexibility index (Phi) is 5.84. The van der Waals surface area contributed by atoms with E-state index in [0.29, 0.717) is 11.8 Å². The van der Waals surface area contributed by atoms with Crippen LogP contribution in [0.3, 0.4) is 0 Å². The summed E-state index contributed by atoms with van der Waals surface area (Å²) in [6.07, 6.45) is 0. The Balaban J connectivity index is 2.14. The molecule has 0 spiro atoms. The lowest BCUT2D eigenvalue weighted by Gasteiger charge is -1.99. The van der Waals surface area contributed by atoms with Crippen LogP contribution in [0.2, 0.25) is 0 Å². The first-order valence-electron chi connectivity index (χ1n) is 5.97. The van der Waals surface area contributed by atoms with E-state index < -0.39 is 10.9 Å². The van der Waals surface area contributed by atoms with Crippen molar-refractivity contribution in [2.24, 2.45) is 5.16 Å². The topological polar surface area (TPSA) is 94.7 Å². The van der Waals surface area contributed by atoms with Crippen LogP contribution in [-0.4, -0.2) is 39.2 Å². The van der Waals surface area contributed by atoms with E-state index in [1.807, 2.05) is 18.2 Å². The molecule has 2 rings (SSSR count). The number of alkyl halides is 1. The minimum atomic E-state index is -0.630. The standard InChI is InChI=1S/C13H10BrN3O4S/c1-20-17-10(9(18)7-14)12(19)22-13-16-15-11(21-13)8-5-3-2-4-6-8/h2-6H,7H2,1H3/b17-10+. The molecule has 0 amide bonds. The number of halogens is 1. The maximum absolute atomic E-state index is 12.0. The Morgan fingerprint density at radius 2 is 2.05 bits per heavy atom. The number of thioether (sulfide) groups is 1. The zero-order chi connectivity index (χ0) is 15.9. The second kappa shape index (κ2) is 7.85. The van der Waals surface area contributed by atoms with E-state index in [-0.39, 0.29) is 22.2 Å². The molecule has 0 saturated carbocycles. The van der Waals surface area contributed by atoms with Crippen LogP contribution in [0.1, 0.15) is 0 Å². The van der Waals surface area contributed by atoms with E-state index in [9.17, 15) is 9.59 Å². The first-order valence-corrected chi connectivity index (χ1v) is 7.91. The molecule has 0 aliphatic heterocycles. The normalized spacial score (nSPS) is 11.3. The fraction of sp³-hybridized carbons (Fsp3) is 0.154. The van der Waals surface area contributed by atoms with Crippen LogP contribution in [0.5, 0.6) is 0 Å². The molecule has 0 bridgehead atoms. The Morgan fingerprint density at radius 3 is 2.68 bits per heavy atom. The molecule has 1 heterocycles. The lowest BCUT2D eigenvalue weighted by Crippen LogP contribution is -2.23. The van der Waals surface area contributed by atoms with Gasteiger partial charge in [-0.1, -0.05) is 39.3 Å². The third kappa shape index (κ3) is 4.01. The molecule has 22 heavy (non-hydrogen) atoms. The highest BCUT2D eigenvalue weighted by Crippen LogP contribution is 2.23. The molecule has 0 N–H and O–H groups in total. The molecule has 0 saturated heterocycles. The number of rotatable bonds is 6. The van der Waals surface area contributed by atoms with Crippen molar-refractivity contribution in [3.63, 3.8) is 0 Å². The van der Waals surface area contributed by atoms with Crippen molar-refractivity contribution in [2.45, 2.75) is 5.22 Å². The number of hydrogen-bond donors (Lipinski definition) is 0. The van der Waals surface area contributed by atoms with Crippen molar-refractivity contribution in [1.82, 2.24) is 10.2 Å². The van der Waals surface area contributed by atoms with Crippen LogP contribution in [0, 0.1) is 0 Å². The number of oxime groups is 1. The molecule has 0 atom stereocenters. The van der Waals surface area contributed by atoms with Crippen molar-refractivity contribution in [3.05, 3.63) is 30.3 Å². The lowest BCUT2D eigenvalue weighted by molar-refractivity contribution is -0.112. The van der Waals surface area contributed by atoms with Gasteiger partial charge in [-0.05, 0) is 12.1 Å². The van der Waals surface area contributed by atoms with E-state index in [0.717, 1.165) is 5.56 Å². The van der Waals surface area contributed by atoms with Crippen LogP contribution in [0.15, 0.2) is 45.1 Å². The van der Waals surface area contributed by atoms with Crippen LogP contribution >= 0.6 is 27.7 Å². The van der Waals surface area contributed by atoms with Crippen molar-refractivity contribution >= 4 is 44.3 Å². The van der Waals surface area contributed by atoms with E-state index >= 15 is 0 Å². The smallest absolute Gasteiger partial charge is 0.284 e. The van der Waals surface area contributed by atoms with E-state index in [2.05, 4.69) is 36.1 Å². The predicted molar refractivity (Wildman–Crippen MR) is 83.8 cm³/mol. The maximum Gasteiger partial charge on any atom is 0.284 e. The van der Waals surface area contributed by atoms with Gasteiger partial charge < -0.3 is 9.25 Å². The average Bonchev–Trinajstić information content (AvgIpc) is 3.01. The molecule has 2 aromatic rings. The first kappa shape index (κ1) is 16.4. The van der Waals surface area contributed by atoms with Crippen LogP contribution in [0.25, 0.3) is 11.5 Å². The molecule has 0 aliphatic carbocycles. The molecule has 7 nitrogen and oxygen atoms in total. The fourth-order valence-corrected chi connectivity index (χ4v) is 2.31. The summed E-state index contributed by atoms with van der Waals surface area (Å²) in [4.78, 5) is 28.1. The number of Topliss-reactive ketones (excluding diaryl/α,β-unsaturated/α-hetero) is 1. The molecular formula is C13H10BrN3O4S. The average molecular weight is 384 g/mol. The number of aromatic nitrogens is 2. The highest BCUT2D eigenvalue weighted by atomic mass is 79.9. The van der Waals surface area contributed by atoms with Gasteiger partial charge in [0.2, 0.25) is 11.6 Å². The predicted octanol–water partition coefficient (Wildman–Crippen LogP) is 2.32. The summed E-state index contributed by atoms with van der Waals surface area (Å²) < 4.78 is 5.38. The van der Waals surface area contributed by atoms with Crippen molar-refractivity contribution in [3.8, 4) is 11.5 Å². The van der Waals surface area contributed by atoms with Gasteiger partial charge in [0.1, 0.15) is 7.11 Å². The molecule has 0 aliphatic rings. The molecule has 1 aromatic heterocycles. The van der Waals surface area contributed by atoms with Crippen LogP contribution < -0.4 is 0 Å². The number of carbonyl (C=O) groups is 2. The Labute approximate surface area is 138 Å². The first-order chi connectivity index (χ1) is 10.7. The largest absolute Gasteiger partial charge is 0.411 e. The van der Waals surface area contributed by atoms with Crippen molar-refractivity contribution < 1.29 is 18.8 Å². The third-order valence-corrected chi connectivity index (χ3v) is 3.60. The second-order valence-electron chi connectivity index (χ2n) is 3.81. The van der Waals surface area contributed by atoms with Crippen LogP contribution in [0.4, 0.5) is 0 Å². The van der Waals surface area contributed by atoms with E-state index in [1.165, 1.54) is 7.11 Å². The Morgan fingerprint density at radius 1 is 1.32 bits per heavy atom. The zero-order valence-corrected chi connectivity index (χ0v) is 13.8. The number of nitrogens with zero attached hydrogens (tertiary/aromatic N) is 3. The Bertz CT molecular complexity index is 702. The van der Waals surface area contributed by atoms with Gasteiger partial charge >= 0.3 is 0 Å². The summed E-state index contributed by atoms with van der Waals surface area (Å²) in [5.41, 5.74) is 0.403. The molecular weight excluding hydrogens is 374 g/mol. The Hall–Kier alpha value is -2.00. The molecule has 0 radical (unpaired) electrons. The van der Waals surface area contributed by atoms with Gasteiger partial charge in [-0.25, -0.2) is 0 Å². The van der Waals surface area contributed by atoms with Gasteiger partial charge in [-0.15, -0.1) is 10.2 Å². The molecule has 1 aromatic carbocycles. The van der Waals surface area contributed by atoms with Crippen molar-refractivity contribution in [1.29, 1.82) is 0 Å². The number of benzene rings is 1. The summed E-state index contributed by atoms with van der Waals surface area (Å²) in [7, 11) is 1.25. The monoisotopic (exact) mass is 383 g/mol.